The molecule has 18 heavy (non-hydrogen) atoms. The van der Waals surface area contributed by atoms with E-state index in [4.69, 9.17) is 4.99 Å². The molecule has 0 N–H and O–H groups in total. The number of allylic oxidation sites excluding steroid dienone is 2. The average molecular weight is 282 g/mol. The molecule has 3 heteroatoms. The van der Waals surface area contributed by atoms with Crippen LogP contribution in [0.25, 0.3) is 11.1 Å². The van der Waals surface area contributed by atoms with E-state index in [1.165, 1.54) is 38.6 Å². The standard InChI is InChI=1S/C15H15N.2ClH/c1-9-11(3)16-15-8-14(9)13-7-5-4-6-12(13)10(15)2;;/h4-7H,8H2,1-3H3;2*1H. The fraction of sp³-hybridized carbons (Fsp3) is 0.267. The molecule has 0 amide bonds. The quantitative estimate of drug-likeness (QED) is 0.693. The smallest absolute Gasteiger partial charge is 0.0486 e. The van der Waals surface area contributed by atoms with Crippen LogP contribution >= 0.6 is 24.8 Å². The third-order valence-electron chi connectivity index (χ3n) is 3.73. The number of fused-ring (bicyclic) bond motifs is 3. The molecular weight excluding hydrogens is 265 g/mol. The lowest BCUT2D eigenvalue weighted by Crippen LogP contribution is -2.36. The Kier molecular flexibility index (Phi) is 4.41. The zero-order valence-corrected chi connectivity index (χ0v) is 12.4. The van der Waals surface area contributed by atoms with Crippen LogP contribution in [-0.4, -0.2) is 5.71 Å². The summed E-state index contributed by atoms with van der Waals surface area (Å²) in [6.07, 6.45) is 1.01. The Bertz CT molecular complexity index is 666. The monoisotopic (exact) mass is 281 g/mol. The third-order valence-corrected chi connectivity index (χ3v) is 3.73. The van der Waals surface area contributed by atoms with Crippen molar-refractivity contribution in [2.24, 2.45) is 4.99 Å². The maximum Gasteiger partial charge on any atom is 0.0486 e. The summed E-state index contributed by atoms with van der Waals surface area (Å²) >= 11 is 0. The SMILES string of the molecule is CC1=C(C)C2=c3ccccc3=C(C)C(=N1)C2.Cl.Cl. The van der Waals surface area contributed by atoms with Crippen molar-refractivity contribution in [1.29, 1.82) is 0 Å². The molecule has 0 saturated carbocycles. The first kappa shape index (κ1) is 15.0. The minimum Gasteiger partial charge on any atom is -0.257 e. The molecule has 0 radical (unpaired) electrons. The van der Waals surface area contributed by atoms with Gasteiger partial charge in [0.1, 0.15) is 0 Å². The van der Waals surface area contributed by atoms with Crippen molar-refractivity contribution in [3.05, 3.63) is 46.0 Å². The second kappa shape index (κ2) is 5.29. The van der Waals surface area contributed by atoms with Gasteiger partial charge < -0.3 is 0 Å². The lowest BCUT2D eigenvalue weighted by molar-refractivity contribution is 1.15. The minimum absolute atomic E-state index is 0. The molecule has 0 atom stereocenters. The van der Waals surface area contributed by atoms with Crippen molar-refractivity contribution in [1.82, 2.24) is 0 Å². The highest BCUT2D eigenvalue weighted by Crippen LogP contribution is 2.28. The van der Waals surface area contributed by atoms with E-state index in [1.54, 1.807) is 0 Å². The number of hydrogen-bond acceptors (Lipinski definition) is 1. The van der Waals surface area contributed by atoms with Gasteiger partial charge >= 0.3 is 0 Å². The normalized spacial score (nSPS) is 16.5. The first-order valence-electron chi connectivity index (χ1n) is 5.73. The van der Waals surface area contributed by atoms with Crippen LogP contribution in [0.2, 0.25) is 0 Å². The highest BCUT2D eigenvalue weighted by molar-refractivity contribution is 6.23. The number of benzene rings is 1. The number of aliphatic imine (C=N–C) groups is 1. The number of nitrogens with zero attached hydrogens (tertiary/aromatic N) is 1. The number of hydrogen-bond donors (Lipinski definition) is 0. The van der Waals surface area contributed by atoms with Gasteiger partial charge in [-0.3, -0.25) is 4.99 Å². The van der Waals surface area contributed by atoms with Crippen molar-refractivity contribution >= 4 is 41.7 Å². The summed E-state index contributed by atoms with van der Waals surface area (Å²) in [5, 5.41) is 2.75. The highest BCUT2D eigenvalue weighted by Gasteiger charge is 2.20. The van der Waals surface area contributed by atoms with Crippen molar-refractivity contribution in [2.75, 3.05) is 0 Å². The van der Waals surface area contributed by atoms with Gasteiger partial charge in [0.2, 0.25) is 0 Å². The molecule has 96 valence electrons. The molecule has 3 rings (SSSR count). The zero-order chi connectivity index (χ0) is 11.3. The lowest BCUT2D eigenvalue weighted by atomic mass is 9.86. The molecule has 2 aliphatic rings. The maximum absolute atomic E-state index is 4.70. The Labute approximate surface area is 120 Å². The molecule has 2 bridgehead atoms. The van der Waals surface area contributed by atoms with Crippen LogP contribution in [-0.2, 0) is 0 Å². The molecule has 1 nitrogen and oxygen atoms in total. The van der Waals surface area contributed by atoms with Crippen LogP contribution in [0.4, 0.5) is 0 Å². The van der Waals surface area contributed by atoms with Gasteiger partial charge in [0.05, 0.1) is 0 Å². The summed E-state index contributed by atoms with van der Waals surface area (Å²) in [5.41, 5.74) is 6.57. The fourth-order valence-corrected chi connectivity index (χ4v) is 2.59. The van der Waals surface area contributed by atoms with Gasteiger partial charge in [0.15, 0.2) is 0 Å². The number of halogens is 2. The third kappa shape index (κ3) is 2.02. The van der Waals surface area contributed by atoms with Crippen molar-refractivity contribution in [2.45, 2.75) is 27.2 Å². The summed E-state index contributed by atoms with van der Waals surface area (Å²) in [6, 6.07) is 8.66. The van der Waals surface area contributed by atoms with Gasteiger partial charge in [-0.05, 0) is 47.9 Å². The van der Waals surface area contributed by atoms with Gasteiger partial charge in [-0.1, -0.05) is 24.3 Å². The molecule has 1 aliphatic heterocycles. The molecule has 1 aromatic carbocycles. The first-order chi connectivity index (χ1) is 7.68. The molecule has 0 spiro atoms. The summed E-state index contributed by atoms with van der Waals surface area (Å²) < 4.78 is 0. The Morgan fingerprint density at radius 1 is 0.889 bits per heavy atom. The highest BCUT2D eigenvalue weighted by atomic mass is 35.5. The molecule has 1 heterocycles. The lowest BCUT2D eigenvalue weighted by Gasteiger charge is -2.23. The predicted octanol–water partition coefficient (Wildman–Crippen LogP) is 3.00. The second-order valence-electron chi connectivity index (χ2n) is 4.59. The summed E-state index contributed by atoms with van der Waals surface area (Å²) in [4.78, 5) is 4.70. The van der Waals surface area contributed by atoms with Crippen LogP contribution in [0.5, 0.6) is 0 Å². The molecule has 1 aliphatic carbocycles. The van der Waals surface area contributed by atoms with Crippen LogP contribution < -0.4 is 10.4 Å². The van der Waals surface area contributed by atoms with Crippen molar-refractivity contribution < 1.29 is 0 Å². The summed E-state index contributed by atoms with van der Waals surface area (Å²) in [6.45, 7) is 6.47. The van der Waals surface area contributed by atoms with E-state index in [0.29, 0.717) is 0 Å². The van der Waals surface area contributed by atoms with Gasteiger partial charge in [-0.15, -0.1) is 24.8 Å². The van der Waals surface area contributed by atoms with Crippen LogP contribution in [0.15, 0.2) is 40.5 Å². The van der Waals surface area contributed by atoms with E-state index >= 15 is 0 Å². The Morgan fingerprint density at radius 3 is 2.17 bits per heavy atom. The van der Waals surface area contributed by atoms with E-state index in [-0.39, 0.29) is 24.8 Å². The van der Waals surface area contributed by atoms with E-state index in [0.717, 1.165) is 6.42 Å². The zero-order valence-electron chi connectivity index (χ0n) is 10.8. The second-order valence-corrected chi connectivity index (χ2v) is 4.59. The molecule has 0 saturated heterocycles. The summed E-state index contributed by atoms with van der Waals surface area (Å²) in [5.74, 6) is 0. The largest absolute Gasteiger partial charge is 0.257 e. The van der Waals surface area contributed by atoms with E-state index in [1.807, 2.05) is 0 Å². The number of rotatable bonds is 0. The first-order valence-corrected chi connectivity index (χ1v) is 5.73. The van der Waals surface area contributed by atoms with Gasteiger partial charge in [0.25, 0.3) is 0 Å². The predicted molar refractivity (Wildman–Crippen MR) is 83.1 cm³/mol. The van der Waals surface area contributed by atoms with Crippen molar-refractivity contribution in [3.63, 3.8) is 0 Å². The Hall–Kier alpha value is -1.05. The Balaban J connectivity index is 0.000000810. The van der Waals surface area contributed by atoms with Gasteiger partial charge in [-0.25, -0.2) is 0 Å². The Morgan fingerprint density at radius 2 is 1.50 bits per heavy atom. The average Bonchev–Trinajstić information content (AvgIpc) is 2.31. The molecule has 0 fully saturated rings. The van der Waals surface area contributed by atoms with E-state index in [2.05, 4.69) is 45.0 Å². The minimum atomic E-state index is 0. The molecule has 1 aromatic rings. The van der Waals surface area contributed by atoms with Crippen LogP contribution in [0.3, 0.4) is 0 Å². The van der Waals surface area contributed by atoms with Crippen LogP contribution in [0, 0.1) is 0 Å². The maximum atomic E-state index is 4.70. The van der Waals surface area contributed by atoms with Gasteiger partial charge in [-0.2, -0.15) is 0 Å². The van der Waals surface area contributed by atoms with Crippen LogP contribution in [0.1, 0.15) is 27.2 Å². The molecular formula is C15H17Cl2N. The molecule has 0 aromatic heterocycles. The van der Waals surface area contributed by atoms with Crippen molar-refractivity contribution in [3.8, 4) is 0 Å². The fourth-order valence-electron chi connectivity index (χ4n) is 2.59. The van der Waals surface area contributed by atoms with E-state index in [9.17, 15) is 0 Å². The molecule has 0 unspecified atom stereocenters. The topological polar surface area (TPSA) is 12.4 Å². The summed E-state index contributed by atoms with van der Waals surface area (Å²) in [7, 11) is 0. The van der Waals surface area contributed by atoms with Gasteiger partial charge in [0, 0.05) is 17.8 Å². The van der Waals surface area contributed by atoms with E-state index < -0.39 is 0 Å².